The Balaban J connectivity index is 2.07. The second-order valence-corrected chi connectivity index (χ2v) is 5.89. The van der Waals surface area contributed by atoms with Crippen LogP contribution in [0.1, 0.15) is 29.8 Å². The van der Waals surface area contributed by atoms with Gasteiger partial charge in [-0.05, 0) is 48.6 Å². The van der Waals surface area contributed by atoms with Crippen LogP contribution < -0.4 is 5.32 Å². The molecule has 0 aliphatic heterocycles. The van der Waals surface area contributed by atoms with Crippen molar-refractivity contribution in [3.8, 4) is 0 Å². The van der Waals surface area contributed by atoms with Crippen LogP contribution in [0.15, 0.2) is 34.9 Å². The highest BCUT2D eigenvalue weighted by Crippen LogP contribution is 2.21. The van der Waals surface area contributed by atoms with Crippen LogP contribution in [0.25, 0.3) is 0 Å². The molecule has 18 heavy (non-hydrogen) atoms. The van der Waals surface area contributed by atoms with Crippen LogP contribution in [0.4, 0.5) is 0 Å². The van der Waals surface area contributed by atoms with Crippen LogP contribution in [0.2, 0.25) is 0 Å². The summed E-state index contributed by atoms with van der Waals surface area (Å²) >= 11 is 4.93. The molecule has 2 aromatic rings. The third-order valence-electron chi connectivity index (χ3n) is 2.72. The molecule has 0 aliphatic carbocycles. The van der Waals surface area contributed by atoms with E-state index in [0.717, 1.165) is 23.9 Å². The predicted octanol–water partition coefficient (Wildman–Crippen LogP) is 3.58. The van der Waals surface area contributed by atoms with Gasteiger partial charge in [0.15, 0.2) is 0 Å². The van der Waals surface area contributed by atoms with E-state index in [9.17, 15) is 0 Å². The molecule has 1 atom stereocenters. The molecule has 0 saturated carbocycles. The van der Waals surface area contributed by atoms with Crippen molar-refractivity contribution < 1.29 is 0 Å². The summed E-state index contributed by atoms with van der Waals surface area (Å²) in [6.45, 7) is 3.19. The Bertz CT molecular complexity index is 456. The summed E-state index contributed by atoms with van der Waals surface area (Å²) in [7, 11) is 0. The molecule has 2 rings (SSSR count). The normalized spacial score (nSPS) is 12.6. The minimum atomic E-state index is 0.311. The van der Waals surface area contributed by atoms with E-state index in [-0.39, 0.29) is 0 Å². The van der Waals surface area contributed by atoms with Gasteiger partial charge in [0.1, 0.15) is 0 Å². The van der Waals surface area contributed by atoms with E-state index in [0.29, 0.717) is 6.04 Å². The van der Waals surface area contributed by atoms with Gasteiger partial charge in [0.2, 0.25) is 0 Å². The van der Waals surface area contributed by atoms with Crippen LogP contribution >= 0.6 is 27.5 Å². The Labute approximate surface area is 120 Å². The van der Waals surface area contributed by atoms with Gasteiger partial charge in [-0.15, -0.1) is 5.10 Å². The number of halogens is 1. The topological polar surface area (TPSA) is 37.8 Å². The van der Waals surface area contributed by atoms with Crippen LogP contribution in [0.5, 0.6) is 0 Å². The van der Waals surface area contributed by atoms with Gasteiger partial charge >= 0.3 is 0 Å². The first-order chi connectivity index (χ1) is 8.79. The lowest BCUT2D eigenvalue weighted by Gasteiger charge is -2.16. The molecule has 0 radical (unpaired) electrons. The van der Waals surface area contributed by atoms with Crippen molar-refractivity contribution in [2.45, 2.75) is 25.8 Å². The van der Waals surface area contributed by atoms with Crippen LogP contribution in [0.3, 0.4) is 0 Å². The molecule has 0 saturated heterocycles. The van der Waals surface area contributed by atoms with Crippen LogP contribution in [-0.2, 0) is 6.42 Å². The Kier molecular flexibility index (Phi) is 5.28. The molecule has 5 heteroatoms. The lowest BCUT2D eigenvalue weighted by atomic mass is 10.1. The Morgan fingerprint density at radius 2 is 2.11 bits per heavy atom. The molecule has 3 nitrogen and oxygen atoms in total. The molecule has 0 amide bonds. The van der Waals surface area contributed by atoms with Crippen molar-refractivity contribution in [3.05, 3.63) is 45.4 Å². The van der Waals surface area contributed by atoms with Gasteiger partial charge in [0.25, 0.3) is 0 Å². The zero-order valence-electron chi connectivity index (χ0n) is 10.3. The highest BCUT2D eigenvalue weighted by atomic mass is 79.9. The van der Waals surface area contributed by atoms with Crippen molar-refractivity contribution in [1.82, 2.24) is 14.9 Å². The van der Waals surface area contributed by atoms with E-state index in [2.05, 4.69) is 62.0 Å². The van der Waals surface area contributed by atoms with E-state index < -0.39 is 0 Å². The summed E-state index contributed by atoms with van der Waals surface area (Å²) in [6, 6.07) is 8.78. The summed E-state index contributed by atoms with van der Waals surface area (Å²) in [5.41, 5.74) is 1.32. The molecule has 0 fully saturated rings. The first kappa shape index (κ1) is 13.6. The summed E-state index contributed by atoms with van der Waals surface area (Å²) in [6.07, 6.45) is 3.96. The fourth-order valence-corrected chi connectivity index (χ4v) is 2.62. The fourth-order valence-electron chi connectivity index (χ4n) is 1.78. The number of nitrogens with one attached hydrogen (secondary N) is 1. The number of rotatable bonds is 6. The van der Waals surface area contributed by atoms with Gasteiger partial charge in [-0.1, -0.05) is 39.5 Å². The standard InChI is InChI=1S/C13H16BrN3S/c1-2-7-15-12(13-9-16-17-18-13)8-10-3-5-11(14)6-4-10/h3-6,9,12,15H,2,7-8H2,1H3. The van der Waals surface area contributed by atoms with Crippen molar-refractivity contribution >= 4 is 27.5 Å². The van der Waals surface area contributed by atoms with Gasteiger partial charge in [-0.25, -0.2) is 0 Å². The van der Waals surface area contributed by atoms with Crippen molar-refractivity contribution in [2.24, 2.45) is 0 Å². The van der Waals surface area contributed by atoms with E-state index in [1.165, 1.54) is 22.0 Å². The first-order valence-corrected chi connectivity index (χ1v) is 7.61. The summed E-state index contributed by atoms with van der Waals surface area (Å²) in [5.74, 6) is 0. The van der Waals surface area contributed by atoms with E-state index in [1.54, 1.807) is 0 Å². The fraction of sp³-hybridized carbons (Fsp3) is 0.385. The second kappa shape index (κ2) is 6.97. The summed E-state index contributed by atoms with van der Waals surface area (Å²) < 4.78 is 5.07. The van der Waals surface area contributed by atoms with Crippen molar-refractivity contribution in [3.63, 3.8) is 0 Å². The van der Waals surface area contributed by atoms with Gasteiger partial charge in [-0.3, -0.25) is 0 Å². The molecule has 1 N–H and O–H groups in total. The summed E-state index contributed by atoms with van der Waals surface area (Å²) in [4.78, 5) is 1.20. The molecule has 1 aromatic carbocycles. The van der Waals surface area contributed by atoms with Gasteiger partial charge in [0, 0.05) is 10.5 Å². The Morgan fingerprint density at radius 1 is 1.33 bits per heavy atom. The minimum absolute atomic E-state index is 0.311. The highest BCUT2D eigenvalue weighted by Gasteiger charge is 2.13. The second-order valence-electron chi connectivity index (χ2n) is 4.16. The van der Waals surface area contributed by atoms with Crippen molar-refractivity contribution in [2.75, 3.05) is 6.54 Å². The molecule has 0 bridgehead atoms. The highest BCUT2D eigenvalue weighted by molar-refractivity contribution is 9.10. The average Bonchev–Trinajstić information content (AvgIpc) is 2.90. The van der Waals surface area contributed by atoms with Gasteiger partial charge in [-0.2, -0.15) is 0 Å². The first-order valence-electron chi connectivity index (χ1n) is 6.04. The van der Waals surface area contributed by atoms with Crippen molar-refractivity contribution in [1.29, 1.82) is 0 Å². The lowest BCUT2D eigenvalue weighted by molar-refractivity contribution is 0.536. The molecule has 1 heterocycles. The molecule has 1 aromatic heterocycles. The number of benzene rings is 1. The van der Waals surface area contributed by atoms with Crippen LogP contribution in [-0.4, -0.2) is 16.1 Å². The SMILES string of the molecule is CCCNC(Cc1ccc(Br)cc1)c1cnns1. The largest absolute Gasteiger partial charge is 0.309 e. The van der Waals surface area contributed by atoms with E-state index in [4.69, 9.17) is 0 Å². The van der Waals surface area contributed by atoms with Gasteiger partial charge < -0.3 is 5.32 Å². The zero-order chi connectivity index (χ0) is 12.8. The molecular weight excluding hydrogens is 310 g/mol. The lowest BCUT2D eigenvalue weighted by Crippen LogP contribution is -2.23. The number of aromatic nitrogens is 2. The maximum absolute atomic E-state index is 3.95. The minimum Gasteiger partial charge on any atom is -0.309 e. The predicted molar refractivity (Wildman–Crippen MR) is 78.8 cm³/mol. The molecule has 0 aliphatic rings. The Hall–Kier alpha value is -0.780. The number of hydrogen-bond acceptors (Lipinski definition) is 4. The quantitative estimate of drug-likeness (QED) is 0.882. The maximum Gasteiger partial charge on any atom is 0.0669 e. The third-order valence-corrected chi connectivity index (χ3v) is 4.02. The third kappa shape index (κ3) is 3.86. The molecule has 1 unspecified atom stereocenters. The Morgan fingerprint density at radius 3 is 2.72 bits per heavy atom. The van der Waals surface area contributed by atoms with Gasteiger partial charge in [0.05, 0.1) is 11.1 Å². The average molecular weight is 326 g/mol. The van der Waals surface area contributed by atoms with Crippen LogP contribution in [0, 0.1) is 0 Å². The molecular formula is C13H16BrN3S. The zero-order valence-corrected chi connectivity index (χ0v) is 12.7. The maximum atomic E-state index is 3.95. The summed E-state index contributed by atoms with van der Waals surface area (Å²) in [5, 5.41) is 7.48. The molecule has 0 spiro atoms. The number of hydrogen-bond donors (Lipinski definition) is 1. The van der Waals surface area contributed by atoms with E-state index in [1.807, 2.05) is 6.20 Å². The number of nitrogens with zero attached hydrogens (tertiary/aromatic N) is 2. The van der Waals surface area contributed by atoms with E-state index >= 15 is 0 Å². The molecule has 96 valence electrons. The smallest absolute Gasteiger partial charge is 0.0669 e. The monoisotopic (exact) mass is 325 g/mol.